The second-order valence-corrected chi connectivity index (χ2v) is 17.5. The molecule has 1 aliphatic rings. The van der Waals surface area contributed by atoms with Crippen molar-refractivity contribution in [1.82, 2.24) is 0 Å². The van der Waals surface area contributed by atoms with Gasteiger partial charge in [0.15, 0.2) is 0 Å². The minimum atomic E-state index is -0.466. The van der Waals surface area contributed by atoms with Crippen molar-refractivity contribution in [2.45, 2.75) is 5.41 Å². The van der Waals surface area contributed by atoms with Gasteiger partial charge in [0.2, 0.25) is 0 Å². The first-order valence-corrected chi connectivity index (χ1v) is 23.1. The molecule has 1 aromatic heterocycles. The molecule has 314 valence electrons. The SMILES string of the molecule is c1ccc(C2(c3ccccc3)c3ccccc3-c3ccc(-c4ccc(N(c5ccc(-c6cccc7ccccc67)cc5)c5ccccc5-c5cccc6c5oc5ccccc56)cc4)cc32)cc1. The van der Waals surface area contributed by atoms with E-state index in [9.17, 15) is 0 Å². The Labute approximate surface area is 390 Å². The maximum absolute atomic E-state index is 6.65. The molecule has 0 aliphatic heterocycles. The van der Waals surface area contributed by atoms with Crippen LogP contribution in [0.5, 0.6) is 0 Å². The highest BCUT2D eigenvalue weighted by atomic mass is 16.3. The minimum absolute atomic E-state index is 0.466. The molecule has 0 spiro atoms. The van der Waals surface area contributed by atoms with Gasteiger partial charge in [-0.3, -0.25) is 0 Å². The molecule has 0 N–H and O–H groups in total. The van der Waals surface area contributed by atoms with E-state index in [1.54, 1.807) is 0 Å². The van der Waals surface area contributed by atoms with Crippen LogP contribution in [0.3, 0.4) is 0 Å². The van der Waals surface area contributed by atoms with Gasteiger partial charge in [-0.15, -0.1) is 0 Å². The van der Waals surface area contributed by atoms with E-state index < -0.39 is 5.41 Å². The number of furan rings is 1. The number of hydrogen-bond donors (Lipinski definition) is 0. The molecule has 2 heteroatoms. The lowest BCUT2D eigenvalue weighted by Crippen LogP contribution is -2.28. The van der Waals surface area contributed by atoms with E-state index in [4.69, 9.17) is 4.42 Å². The molecule has 0 saturated heterocycles. The molecule has 13 rings (SSSR count). The van der Waals surface area contributed by atoms with Crippen molar-refractivity contribution >= 4 is 49.8 Å². The summed E-state index contributed by atoms with van der Waals surface area (Å²) >= 11 is 0. The number of hydrogen-bond acceptors (Lipinski definition) is 2. The average Bonchev–Trinajstić information content (AvgIpc) is 3.94. The normalized spacial score (nSPS) is 12.6. The van der Waals surface area contributed by atoms with Crippen LogP contribution in [0.2, 0.25) is 0 Å². The summed E-state index contributed by atoms with van der Waals surface area (Å²) < 4.78 is 6.65. The third kappa shape index (κ3) is 6.18. The first kappa shape index (κ1) is 38.7. The Bertz CT molecular complexity index is 3750. The number of fused-ring (bicyclic) bond motifs is 7. The van der Waals surface area contributed by atoms with Crippen molar-refractivity contribution in [1.29, 1.82) is 0 Å². The van der Waals surface area contributed by atoms with Gasteiger partial charge in [0.05, 0.1) is 11.1 Å². The van der Waals surface area contributed by atoms with Crippen LogP contribution in [0.25, 0.3) is 77.2 Å². The Balaban J connectivity index is 0.961. The number of nitrogens with zero attached hydrogens (tertiary/aromatic N) is 1. The Morgan fingerprint density at radius 2 is 0.836 bits per heavy atom. The van der Waals surface area contributed by atoms with Crippen LogP contribution in [0, 0.1) is 0 Å². The number of para-hydroxylation sites is 3. The van der Waals surface area contributed by atoms with Gasteiger partial charge >= 0.3 is 0 Å². The van der Waals surface area contributed by atoms with Gasteiger partial charge in [-0.1, -0.05) is 218 Å². The van der Waals surface area contributed by atoms with Crippen molar-refractivity contribution < 1.29 is 4.42 Å². The molecule has 0 atom stereocenters. The summed E-state index contributed by atoms with van der Waals surface area (Å²) in [6, 6.07) is 94.9. The Hall–Kier alpha value is -8.72. The van der Waals surface area contributed by atoms with Crippen LogP contribution in [-0.2, 0) is 5.41 Å². The van der Waals surface area contributed by atoms with Crippen LogP contribution in [0.4, 0.5) is 17.1 Å². The Morgan fingerprint density at radius 1 is 0.313 bits per heavy atom. The molecule has 67 heavy (non-hydrogen) atoms. The standard InChI is InChI=1S/C65H43NO/c1-3-19-48(20-4-1)65(49-21-5-2-6-22-49)60-30-12-9-24-54(60)55-42-37-47(43-61(55)65)44-33-38-50(39-34-44)66(51-40-35-46(36-41-51)53-27-15-18-45-17-7-8-23-52(45)53)62-31-13-10-25-56(62)58-28-16-29-59-57-26-11-14-32-63(57)67-64(58)59/h1-43H. The van der Waals surface area contributed by atoms with Gasteiger partial charge in [0, 0.05) is 33.3 Å². The molecule has 1 heterocycles. The molecule has 11 aromatic carbocycles. The van der Waals surface area contributed by atoms with Crippen molar-refractivity contribution in [3.63, 3.8) is 0 Å². The fraction of sp³-hybridized carbons (Fsp3) is 0.0154. The highest BCUT2D eigenvalue weighted by Gasteiger charge is 2.46. The van der Waals surface area contributed by atoms with Crippen molar-refractivity contribution in [2.75, 3.05) is 4.90 Å². The van der Waals surface area contributed by atoms with Crippen LogP contribution < -0.4 is 4.90 Å². The molecule has 0 fully saturated rings. The highest BCUT2D eigenvalue weighted by molar-refractivity contribution is 6.11. The second-order valence-electron chi connectivity index (χ2n) is 17.5. The monoisotopic (exact) mass is 853 g/mol. The van der Waals surface area contributed by atoms with Gasteiger partial charge in [-0.25, -0.2) is 0 Å². The van der Waals surface area contributed by atoms with Crippen molar-refractivity contribution in [3.8, 4) is 44.5 Å². The lowest BCUT2D eigenvalue weighted by molar-refractivity contribution is 0.670. The number of anilines is 3. The molecule has 0 radical (unpaired) electrons. The summed E-state index contributed by atoms with van der Waals surface area (Å²) in [6.45, 7) is 0. The predicted molar refractivity (Wildman–Crippen MR) is 280 cm³/mol. The summed E-state index contributed by atoms with van der Waals surface area (Å²) in [5.74, 6) is 0. The zero-order valence-electron chi connectivity index (χ0n) is 36.7. The van der Waals surface area contributed by atoms with E-state index in [0.717, 1.165) is 55.7 Å². The maximum atomic E-state index is 6.65. The van der Waals surface area contributed by atoms with Gasteiger partial charge in [-0.05, 0) is 109 Å². The first-order chi connectivity index (χ1) is 33.2. The van der Waals surface area contributed by atoms with E-state index >= 15 is 0 Å². The van der Waals surface area contributed by atoms with Gasteiger partial charge in [0.1, 0.15) is 11.2 Å². The molecule has 12 aromatic rings. The lowest BCUT2D eigenvalue weighted by Gasteiger charge is -2.34. The summed E-state index contributed by atoms with van der Waals surface area (Å²) in [5.41, 5.74) is 19.1. The smallest absolute Gasteiger partial charge is 0.143 e. The van der Waals surface area contributed by atoms with Crippen LogP contribution >= 0.6 is 0 Å². The predicted octanol–water partition coefficient (Wildman–Crippen LogP) is 17.6. The summed E-state index contributed by atoms with van der Waals surface area (Å²) in [6.07, 6.45) is 0. The lowest BCUT2D eigenvalue weighted by atomic mass is 9.67. The van der Waals surface area contributed by atoms with E-state index in [1.807, 2.05) is 6.07 Å². The molecule has 2 nitrogen and oxygen atoms in total. The van der Waals surface area contributed by atoms with Crippen LogP contribution in [-0.4, -0.2) is 0 Å². The van der Waals surface area contributed by atoms with Crippen LogP contribution in [0.15, 0.2) is 265 Å². The maximum Gasteiger partial charge on any atom is 0.143 e. The molecule has 1 aliphatic carbocycles. The minimum Gasteiger partial charge on any atom is -0.455 e. The third-order valence-corrected chi connectivity index (χ3v) is 14.0. The number of benzene rings is 11. The third-order valence-electron chi connectivity index (χ3n) is 14.0. The van der Waals surface area contributed by atoms with E-state index in [-0.39, 0.29) is 0 Å². The first-order valence-electron chi connectivity index (χ1n) is 23.1. The topological polar surface area (TPSA) is 16.4 Å². The van der Waals surface area contributed by atoms with Crippen molar-refractivity contribution in [3.05, 3.63) is 283 Å². The van der Waals surface area contributed by atoms with Gasteiger partial charge in [0.25, 0.3) is 0 Å². The van der Waals surface area contributed by atoms with E-state index in [2.05, 4.69) is 260 Å². The summed E-state index contributed by atoms with van der Waals surface area (Å²) in [5, 5.41) is 4.71. The molecule has 0 amide bonds. The Kier molecular flexibility index (Phi) is 9.11. The Morgan fingerprint density at radius 3 is 1.60 bits per heavy atom. The summed E-state index contributed by atoms with van der Waals surface area (Å²) in [4.78, 5) is 2.39. The summed E-state index contributed by atoms with van der Waals surface area (Å²) in [7, 11) is 0. The second kappa shape index (κ2) is 15.8. The quantitative estimate of drug-likeness (QED) is 0.151. The average molecular weight is 854 g/mol. The zero-order chi connectivity index (χ0) is 44.3. The van der Waals surface area contributed by atoms with E-state index in [0.29, 0.717) is 0 Å². The van der Waals surface area contributed by atoms with Gasteiger partial charge < -0.3 is 9.32 Å². The largest absolute Gasteiger partial charge is 0.455 e. The van der Waals surface area contributed by atoms with E-state index in [1.165, 1.54) is 60.8 Å². The molecular formula is C65H43NO. The number of rotatable bonds is 8. The van der Waals surface area contributed by atoms with Crippen molar-refractivity contribution in [2.24, 2.45) is 0 Å². The van der Waals surface area contributed by atoms with Crippen LogP contribution in [0.1, 0.15) is 22.3 Å². The fourth-order valence-corrected chi connectivity index (χ4v) is 11.0. The molecule has 0 unspecified atom stereocenters. The molecule has 0 bridgehead atoms. The molecule has 0 saturated carbocycles. The van der Waals surface area contributed by atoms with Gasteiger partial charge in [-0.2, -0.15) is 0 Å². The highest BCUT2D eigenvalue weighted by Crippen LogP contribution is 2.57. The molecular weight excluding hydrogens is 811 g/mol. The fourth-order valence-electron chi connectivity index (χ4n) is 11.0. The zero-order valence-corrected chi connectivity index (χ0v) is 36.7.